The van der Waals surface area contributed by atoms with E-state index in [1.54, 1.807) is 17.5 Å². The summed E-state index contributed by atoms with van der Waals surface area (Å²) < 4.78 is 0. The van der Waals surface area contributed by atoms with E-state index in [1.807, 2.05) is 30.3 Å². The third kappa shape index (κ3) is 2.20. The number of thiophene rings is 1. The van der Waals surface area contributed by atoms with Gasteiger partial charge in [0.05, 0.1) is 4.88 Å². The SMILES string of the molecule is CCc1ccc(C(=O)c2c[nH]c3ccc(Cl)cc23)s1. The average Bonchev–Trinajstić information content (AvgIpc) is 3.04. The number of nitrogens with one attached hydrogen (secondary N) is 1. The monoisotopic (exact) mass is 289 g/mol. The number of rotatable bonds is 3. The molecule has 1 N–H and O–H groups in total. The van der Waals surface area contributed by atoms with Gasteiger partial charge in [-0.3, -0.25) is 4.79 Å². The third-order valence-electron chi connectivity index (χ3n) is 3.12. The maximum Gasteiger partial charge on any atom is 0.205 e. The van der Waals surface area contributed by atoms with Gasteiger partial charge in [0.1, 0.15) is 0 Å². The minimum absolute atomic E-state index is 0.0539. The third-order valence-corrected chi connectivity index (χ3v) is 4.59. The number of carbonyl (C=O) groups excluding carboxylic acids is 1. The molecule has 2 heterocycles. The maximum atomic E-state index is 12.5. The summed E-state index contributed by atoms with van der Waals surface area (Å²) in [5.41, 5.74) is 1.61. The highest BCUT2D eigenvalue weighted by molar-refractivity contribution is 7.14. The van der Waals surface area contributed by atoms with E-state index in [-0.39, 0.29) is 5.78 Å². The fourth-order valence-electron chi connectivity index (χ4n) is 2.10. The lowest BCUT2D eigenvalue weighted by Gasteiger charge is -1.97. The molecule has 0 atom stereocenters. The Hall–Kier alpha value is -1.58. The van der Waals surface area contributed by atoms with E-state index in [4.69, 9.17) is 11.6 Å². The predicted molar refractivity (Wildman–Crippen MR) is 80.4 cm³/mol. The van der Waals surface area contributed by atoms with Gasteiger partial charge in [0.15, 0.2) is 0 Å². The van der Waals surface area contributed by atoms with Crippen molar-refractivity contribution < 1.29 is 4.79 Å². The molecule has 2 nitrogen and oxygen atoms in total. The molecule has 0 aliphatic carbocycles. The first-order chi connectivity index (χ1) is 9.19. The molecule has 1 aromatic carbocycles. The molecule has 0 unspecified atom stereocenters. The fraction of sp³-hybridized carbons (Fsp3) is 0.133. The minimum Gasteiger partial charge on any atom is -0.360 e. The van der Waals surface area contributed by atoms with E-state index < -0.39 is 0 Å². The highest BCUT2D eigenvalue weighted by atomic mass is 35.5. The summed E-state index contributed by atoms with van der Waals surface area (Å²) in [5.74, 6) is 0.0539. The smallest absolute Gasteiger partial charge is 0.205 e. The normalized spacial score (nSPS) is 11.1. The van der Waals surface area contributed by atoms with Crippen molar-refractivity contribution in [3.05, 3.63) is 56.9 Å². The largest absolute Gasteiger partial charge is 0.360 e. The lowest BCUT2D eigenvalue weighted by atomic mass is 10.1. The van der Waals surface area contributed by atoms with Gasteiger partial charge in [-0.05, 0) is 36.8 Å². The first-order valence-electron chi connectivity index (χ1n) is 6.09. The van der Waals surface area contributed by atoms with Crippen molar-refractivity contribution in [2.45, 2.75) is 13.3 Å². The molecule has 4 heteroatoms. The van der Waals surface area contributed by atoms with Gasteiger partial charge in [-0.1, -0.05) is 18.5 Å². The molecule has 19 heavy (non-hydrogen) atoms. The average molecular weight is 290 g/mol. The Morgan fingerprint density at radius 2 is 2.16 bits per heavy atom. The van der Waals surface area contributed by atoms with Crippen molar-refractivity contribution >= 4 is 39.6 Å². The van der Waals surface area contributed by atoms with Gasteiger partial charge in [0.2, 0.25) is 5.78 Å². The van der Waals surface area contributed by atoms with Crippen LogP contribution < -0.4 is 0 Å². The second-order valence-electron chi connectivity index (χ2n) is 4.34. The number of aromatic amines is 1. The molecule has 2 aromatic heterocycles. The summed E-state index contributed by atoms with van der Waals surface area (Å²) in [5, 5.41) is 1.52. The highest BCUT2D eigenvalue weighted by Crippen LogP contribution is 2.27. The molecule has 0 saturated carbocycles. The summed E-state index contributed by atoms with van der Waals surface area (Å²) in [4.78, 5) is 17.6. The van der Waals surface area contributed by atoms with Gasteiger partial charge < -0.3 is 4.98 Å². The van der Waals surface area contributed by atoms with E-state index in [1.165, 1.54) is 4.88 Å². The van der Waals surface area contributed by atoms with Crippen molar-refractivity contribution in [3.63, 3.8) is 0 Å². The Morgan fingerprint density at radius 3 is 2.89 bits per heavy atom. The van der Waals surface area contributed by atoms with Crippen LogP contribution in [0, 0.1) is 0 Å². The van der Waals surface area contributed by atoms with Crippen molar-refractivity contribution in [2.75, 3.05) is 0 Å². The van der Waals surface area contributed by atoms with E-state index >= 15 is 0 Å². The number of ketones is 1. The van der Waals surface area contributed by atoms with Crippen molar-refractivity contribution in [2.24, 2.45) is 0 Å². The lowest BCUT2D eigenvalue weighted by Crippen LogP contribution is -1.96. The van der Waals surface area contributed by atoms with E-state index in [2.05, 4.69) is 11.9 Å². The number of H-pyrrole nitrogens is 1. The second kappa shape index (κ2) is 4.83. The van der Waals surface area contributed by atoms with Crippen LogP contribution in [0.2, 0.25) is 5.02 Å². The molecular weight excluding hydrogens is 278 g/mol. The van der Waals surface area contributed by atoms with Crippen LogP contribution in [-0.4, -0.2) is 10.8 Å². The van der Waals surface area contributed by atoms with Gasteiger partial charge in [0.25, 0.3) is 0 Å². The van der Waals surface area contributed by atoms with Gasteiger partial charge in [0, 0.05) is 32.6 Å². The summed E-state index contributed by atoms with van der Waals surface area (Å²) in [6, 6.07) is 9.44. The number of aryl methyl sites for hydroxylation is 1. The summed E-state index contributed by atoms with van der Waals surface area (Å²) in [6.45, 7) is 2.09. The van der Waals surface area contributed by atoms with Crippen LogP contribution in [0.15, 0.2) is 36.5 Å². The molecule has 0 bridgehead atoms. The van der Waals surface area contributed by atoms with Gasteiger partial charge in [-0.2, -0.15) is 0 Å². The number of halogens is 1. The molecule has 0 saturated heterocycles. The fourth-order valence-corrected chi connectivity index (χ4v) is 3.18. The zero-order chi connectivity index (χ0) is 13.4. The first kappa shape index (κ1) is 12.5. The van der Waals surface area contributed by atoms with E-state index in [9.17, 15) is 4.79 Å². The van der Waals surface area contributed by atoms with Gasteiger partial charge in [-0.25, -0.2) is 0 Å². The second-order valence-corrected chi connectivity index (χ2v) is 5.95. The molecule has 0 aliphatic rings. The molecule has 0 fully saturated rings. The first-order valence-corrected chi connectivity index (χ1v) is 7.28. The Balaban J connectivity index is 2.08. The number of aromatic nitrogens is 1. The number of carbonyl (C=O) groups is 1. The molecule has 0 aliphatic heterocycles. The highest BCUT2D eigenvalue weighted by Gasteiger charge is 2.16. The van der Waals surface area contributed by atoms with Crippen LogP contribution in [0.25, 0.3) is 10.9 Å². The number of hydrogen-bond donors (Lipinski definition) is 1. The molecule has 0 spiro atoms. The summed E-state index contributed by atoms with van der Waals surface area (Å²) in [7, 11) is 0. The van der Waals surface area contributed by atoms with Crippen LogP contribution in [0.1, 0.15) is 27.0 Å². The molecule has 3 aromatic rings. The topological polar surface area (TPSA) is 32.9 Å². The zero-order valence-corrected chi connectivity index (χ0v) is 11.9. The Morgan fingerprint density at radius 1 is 1.32 bits per heavy atom. The van der Waals surface area contributed by atoms with E-state index in [0.717, 1.165) is 22.2 Å². The Labute approximate surface area is 120 Å². The summed E-state index contributed by atoms with van der Waals surface area (Å²) >= 11 is 7.56. The molecule has 96 valence electrons. The van der Waals surface area contributed by atoms with Crippen LogP contribution in [0.3, 0.4) is 0 Å². The van der Waals surface area contributed by atoms with Gasteiger partial charge in [-0.15, -0.1) is 11.3 Å². The van der Waals surface area contributed by atoms with Gasteiger partial charge >= 0.3 is 0 Å². The van der Waals surface area contributed by atoms with E-state index in [0.29, 0.717) is 10.6 Å². The minimum atomic E-state index is 0.0539. The predicted octanol–water partition coefficient (Wildman–Crippen LogP) is 4.68. The quantitative estimate of drug-likeness (QED) is 0.698. The van der Waals surface area contributed by atoms with Crippen molar-refractivity contribution in [1.82, 2.24) is 4.98 Å². The number of hydrogen-bond acceptors (Lipinski definition) is 2. The summed E-state index contributed by atoms with van der Waals surface area (Å²) in [6.07, 6.45) is 2.71. The standard InChI is InChI=1S/C15H12ClNOS/c1-2-10-4-6-14(19-10)15(18)12-8-17-13-5-3-9(16)7-11(12)13/h3-8,17H,2H2,1H3. The maximum absolute atomic E-state index is 12.5. The van der Waals surface area contributed by atoms with Crippen LogP contribution >= 0.6 is 22.9 Å². The van der Waals surface area contributed by atoms with Crippen LogP contribution in [-0.2, 0) is 6.42 Å². The van der Waals surface area contributed by atoms with Crippen molar-refractivity contribution in [3.8, 4) is 0 Å². The Kier molecular flexibility index (Phi) is 3.17. The lowest BCUT2D eigenvalue weighted by molar-refractivity contribution is 0.104. The molecule has 3 rings (SSSR count). The van der Waals surface area contributed by atoms with Crippen molar-refractivity contribution in [1.29, 1.82) is 0 Å². The Bertz CT molecular complexity index is 756. The number of fused-ring (bicyclic) bond motifs is 1. The molecular formula is C15H12ClNOS. The van der Waals surface area contributed by atoms with Crippen LogP contribution in [0.5, 0.6) is 0 Å². The zero-order valence-electron chi connectivity index (χ0n) is 10.4. The molecule has 0 radical (unpaired) electrons. The van der Waals surface area contributed by atoms with Crippen LogP contribution in [0.4, 0.5) is 0 Å². The molecule has 0 amide bonds. The number of benzene rings is 1.